The van der Waals surface area contributed by atoms with E-state index in [1.54, 1.807) is 0 Å². The highest BCUT2D eigenvalue weighted by atomic mass is 14.8. The van der Waals surface area contributed by atoms with E-state index in [9.17, 15) is 0 Å². The van der Waals surface area contributed by atoms with Crippen molar-refractivity contribution < 1.29 is 0 Å². The highest BCUT2D eigenvalue weighted by Crippen LogP contribution is 2.46. The Balaban J connectivity index is 1.12. The van der Waals surface area contributed by atoms with Crippen molar-refractivity contribution >= 4 is 75.5 Å². The third-order valence-electron chi connectivity index (χ3n) is 12.0. The molecule has 0 amide bonds. The molecule has 0 aliphatic heterocycles. The van der Waals surface area contributed by atoms with Crippen LogP contribution in [0.5, 0.6) is 0 Å². The summed E-state index contributed by atoms with van der Waals surface area (Å²) in [6, 6.07) is 72.8. The first-order valence-electron chi connectivity index (χ1n) is 19.9. The molecule has 0 spiro atoms. The van der Waals surface area contributed by atoms with Crippen LogP contribution in [0.3, 0.4) is 0 Å². The molecule has 0 saturated heterocycles. The topological polar surface area (TPSA) is 25.8 Å². The van der Waals surface area contributed by atoms with E-state index in [1.807, 2.05) is 6.20 Å². The van der Waals surface area contributed by atoms with Gasteiger partial charge in [-0.15, -0.1) is 0 Å². The maximum Gasteiger partial charge on any atom is 0.0972 e. The minimum Gasteiger partial charge on any atom is -0.255 e. The van der Waals surface area contributed by atoms with Crippen LogP contribution in [0.25, 0.3) is 120 Å². The van der Waals surface area contributed by atoms with E-state index in [0.717, 1.165) is 38.8 Å². The summed E-state index contributed by atoms with van der Waals surface area (Å²) in [7, 11) is 0. The van der Waals surface area contributed by atoms with Gasteiger partial charge in [0.1, 0.15) is 0 Å². The minimum absolute atomic E-state index is 0.855. The normalized spacial score (nSPS) is 11.8. The number of rotatable bonds is 4. The van der Waals surface area contributed by atoms with E-state index in [-0.39, 0.29) is 0 Å². The number of pyridine rings is 2. The predicted molar refractivity (Wildman–Crippen MR) is 246 cm³/mol. The number of fused-ring (bicyclic) bond motifs is 9. The molecule has 0 atom stereocenters. The molecule has 2 nitrogen and oxygen atoms in total. The van der Waals surface area contributed by atoms with E-state index in [2.05, 4.69) is 200 Å². The first-order chi connectivity index (χ1) is 28.7. The second-order valence-electron chi connectivity index (χ2n) is 15.3. The average Bonchev–Trinajstić information content (AvgIpc) is 3.29. The Morgan fingerprint density at radius 1 is 0.293 bits per heavy atom. The van der Waals surface area contributed by atoms with Crippen LogP contribution in [0.2, 0.25) is 0 Å². The van der Waals surface area contributed by atoms with E-state index >= 15 is 0 Å². The second-order valence-corrected chi connectivity index (χ2v) is 15.3. The van der Waals surface area contributed by atoms with Gasteiger partial charge >= 0.3 is 0 Å². The molecule has 12 aromatic rings. The van der Waals surface area contributed by atoms with Gasteiger partial charge < -0.3 is 0 Å². The van der Waals surface area contributed by atoms with E-state index in [0.29, 0.717) is 0 Å². The van der Waals surface area contributed by atoms with Crippen molar-refractivity contribution in [2.24, 2.45) is 0 Å². The summed E-state index contributed by atoms with van der Waals surface area (Å²) in [5.74, 6) is 0. The molecule has 268 valence electrons. The van der Waals surface area contributed by atoms with Gasteiger partial charge in [0.25, 0.3) is 0 Å². The van der Waals surface area contributed by atoms with Crippen LogP contribution in [0, 0.1) is 0 Å². The molecule has 2 aromatic heterocycles. The lowest BCUT2D eigenvalue weighted by Gasteiger charge is -2.19. The molecule has 0 bridgehead atoms. The predicted octanol–water partition coefficient (Wildman–Crippen LogP) is 15.2. The van der Waals surface area contributed by atoms with Crippen LogP contribution in [0.1, 0.15) is 0 Å². The molecular formula is C56H34N2. The molecule has 2 heteroatoms. The molecule has 2 heterocycles. The summed E-state index contributed by atoms with van der Waals surface area (Å²) in [6.07, 6.45) is 1.93. The Bertz CT molecular complexity index is 3620. The lowest BCUT2D eigenvalue weighted by Crippen LogP contribution is -1.94. The molecule has 0 fully saturated rings. The Labute approximate surface area is 335 Å². The van der Waals surface area contributed by atoms with Gasteiger partial charge in [0.15, 0.2) is 0 Å². The van der Waals surface area contributed by atoms with Gasteiger partial charge in [0.05, 0.1) is 16.9 Å². The number of aromatic nitrogens is 2. The van der Waals surface area contributed by atoms with Gasteiger partial charge in [0.2, 0.25) is 0 Å². The zero-order chi connectivity index (χ0) is 38.2. The van der Waals surface area contributed by atoms with Crippen LogP contribution in [-0.2, 0) is 0 Å². The van der Waals surface area contributed by atoms with Gasteiger partial charge in [-0.1, -0.05) is 164 Å². The van der Waals surface area contributed by atoms with Crippen LogP contribution >= 0.6 is 0 Å². The first-order valence-corrected chi connectivity index (χ1v) is 19.9. The Morgan fingerprint density at radius 3 is 1.50 bits per heavy atom. The number of para-hydroxylation sites is 1. The lowest BCUT2D eigenvalue weighted by atomic mass is 9.84. The van der Waals surface area contributed by atoms with E-state index in [4.69, 9.17) is 9.97 Å². The summed E-state index contributed by atoms with van der Waals surface area (Å²) in [4.78, 5) is 10.3. The maximum absolute atomic E-state index is 5.28. The standard InChI is InChI=1S/C56H34N2/c1-3-14-38-31-42(23-21-35(38)11-1)53-45-17-7-8-18-46(45)54(43-24-22-36-12-2-4-15-39(36)32-43)50-33-40(26-27-47(50)53)41-29-30-57-52(34-41)56-49-28-25-37-13-5-6-16-44(37)55(49)48-19-9-10-20-51(48)58-56/h1-34H. The van der Waals surface area contributed by atoms with Crippen molar-refractivity contribution in [3.63, 3.8) is 0 Å². The van der Waals surface area contributed by atoms with Gasteiger partial charge in [-0.05, 0) is 124 Å². The molecule has 0 radical (unpaired) electrons. The fraction of sp³-hybridized carbons (Fsp3) is 0. The zero-order valence-electron chi connectivity index (χ0n) is 31.5. The SMILES string of the molecule is c1ccc2cc(-c3c4ccccc4c(-c4ccc5ccccc5c4)c4cc(-c5ccnc(-c6nc7ccccc7c7c6ccc6ccccc67)c5)ccc34)ccc2c1. The summed E-state index contributed by atoms with van der Waals surface area (Å²) >= 11 is 0. The van der Waals surface area contributed by atoms with Crippen molar-refractivity contribution in [3.8, 4) is 44.8 Å². The first kappa shape index (κ1) is 32.6. The quantitative estimate of drug-likeness (QED) is 0.133. The molecule has 0 unspecified atom stereocenters. The molecule has 12 rings (SSSR count). The van der Waals surface area contributed by atoms with Crippen molar-refractivity contribution in [1.82, 2.24) is 9.97 Å². The van der Waals surface area contributed by atoms with E-state index < -0.39 is 0 Å². The molecular weight excluding hydrogens is 701 g/mol. The maximum atomic E-state index is 5.28. The van der Waals surface area contributed by atoms with Crippen molar-refractivity contribution in [1.29, 1.82) is 0 Å². The third kappa shape index (κ3) is 5.12. The lowest BCUT2D eigenvalue weighted by molar-refractivity contribution is 1.29. The summed E-state index contributed by atoms with van der Waals surface area (Å²) in [6.45, 7) is 0. The van der Waals surface area contributed by atoms with Crippen LogP contribution in [0.4, 0.5) is 0 Å². The van der Waals surface area contributed by atoms with Gasteiger partial charge in [0, 0.05) is 22.4 Å². The van der Waals surface area contributed by atoms with Gasteiger partial charge in [-0.3, -0.25) is 4.98 Å². The highest BCUT2D eigenvalue weighted by Gasteiger charge is 2.19. The zero-order valence-corrected chi connectivity index (χ0v) is 31.5. The molecule has 0 aliphatic carbocycles. The molecule has 0 saturated carbocycles. The number of hydrogen-bond acceptors (Lipinski definition) is 2. The van der Waals surface area contributed by atoms with Crippen molar-refractivity contribution in [2.75, 3.05) is 0 Å². The van der Waals surface area contributed by atoms with Gasteiger partial charge in [-0.25, -0.2) is 4.98 Å². The Hall–Kier alpha value is -7.68. The molecule has 0 N–H and O–H groups in total. The number of benzene rings is 10. The average molecular weight is 735 g/mol. The van der Waals surface area contributed by atoms with Crippen LogP contribution in [0.15, 0.2) is 206 Å². The van der Waals surface area contributed by atoms with Crippen molar-refractivity contribution in [3.05, 3.63) is 206 Å². The summed E-state index contributed by atoms with van der Waals surface area (Å²) < 4.78 is 0. The highest BCUT2D eigenvalue weighted by molar-refractivity contribution is 6.24. The van der Waals surface area contributed by atoms with E-state index in [1.165, 1.54) is 81.5 Å². The molecule has 0 aliphatic rings. The Morgan fingerprint density at radius 2 is 0.793 bits per heavy atom. The Kier molecular flexibility index (Phi) is 7.26. The number of hydrogen-bond donors (Lipinski definition) is 0. The summed E-state index contributed by atoms with van der Waals surface area (Å²) in [5, 5.41) is 15.8. The summed E-state index contributed by atoms with van der Waals surface area (Å²) in [5.41, 5.74) is 9.86. The molecule has 10 aromatic carbocycles. The van der Waals surface area contributed by atoms with Crippen LogP contribution in [-0.4, -0.2) is 9.97 Å². The fourth-order valence-corrected chi connectivity index (χ4v) is 9.33. The van der Waals surface area contributed by atoms with Crippen molar-refractivity contribution in [2.45, 2.75) is 0 Å². The number of nitrogens with zero attached hydrogens (tertiary/aromatic N) is 2. The third-order valence-corrected chi connectivity index (χ3v) is 12.0. The fourth-order valence-electron chi connectivity index (χ4n) is 9.33. The minimum atomic E-state index is 0.855. The smallest absolute Gasteiger partial charge is 0.0972 e. The monoisotopic (exact) mass is 734 g/mol. The van der Waals surface area contributed by atoms with Crippen LogP contribution < -0.4 is 0 Å². The van der Waals surface area contributed by atoms with Gasteiger partial charge in [-0.2, -0.15) is 0 Å². The molecule has 58 heavy (non-hydrogen) atoms. The largest absolute Gasteiger partial charge is 0.255 e. The second kappa shape index (κ2) is 12.9.